The van der Waals surface area contributed by atoms with Crippen molar-refractivity contribution >= 4 is 16.9 Å². The zero-order valence-electron chi connectivity index (χ0n) is 16.5. The van der Waals surface area contributed by atoms with Crippen LogP contribution >= 0.6 is 0 Å². The van der Waals surface area contributed by atoms with Crippen LogP contribution in [0.5, 0.6) is 0 Å². The van der Waals surface area contributed by atoms with Crippen molar-refractivity contribution in [2.45, 2.75) is 18.5 Å². The Balaban J connectivity index is 1.43. The number of aromatic amines is 1. The number of aryl methyl sites for hydroxylation is 1. The van der Waals surface area contributed by atoms with Crippen LogP contribution in [0.3, 0.4) is 0 Å². The van der Waals surface area contributed by atoms with Crippen molar-refractivity contribution in [2.24, 2.45) is 7.05 Å². The molecular weight excluding hydrogens is 376 g/mol. The summed E-state index contributed by atoms with van der Waals surface area (Å²) in [7, 11) is 1.89. The molecule has 2 bridgehead atoms. The molecule has 0 radical (unpaired) electrons. The Hall–Kier alpha value is -3.70. The van der Waals surface area contributed by atoms with E-state index in [2.05, 4.69) is 43.5 Å². The number of hydrogen-bond donors (Lipinski definition) is 2. The minimum absolute atomic E-state index is 0.538. The van der Waals surface area contributed by atoms with Gasteiger partial charge in [0.25, 0.3) is 0 Å². The summed E-state index contributed by atoms with van der Waals surface area (Å²) in [6, 6.07) is 9.54. The van der Waals surface area contributed by atoms with Gasteiger partial charge in [0.15, 0.2) is 0 Å². The second kappa shape index (κ2) is 6.40. The summed E-state index contributed by atoms with van der Waals surface area (Å²) in [5, 5.41) is 18.3. The highest BCUT2D eigenvalue weighted by atomic mass is 15.3. The summed E-state index contributed by atoms with van der Waals surface area (Å²) in [6.07, 6.45) is 8.50. The summed E-state index contributed by atoms with van der Waals surface area (Å²) in [5.41, 5.74) is 4.97. The Labute approximate surface area is 173 Å². The van der Waals surface area contributed by atoms with E-state index in [1.807, 2.05) is 31.7 Å². The molecule has 0 spiro atoms. The zero-order valence-corrected chi connectivity index (χ0v) is 16.5. The van der Waals surface area contributed by atoms with Gasteiger partial charge in [0.1, 0.15) is 17.5 Å². The van der Waals surface area contributed by atoms with E-state index in [1.54, 1.807) is 10.9 Å². The first-order valence-corrected chi connectivity index (χ1v) is 10.1. The van der Waals surface area contributed by atoms with Crippen LogP contribution in [0.2, 0.25) is 0 Å². The lowest BCUT2D eigenvalue weighted by Gasteiger charge is -2.53. The molecule has 0 aromatic carbocycles. The van der Waals surface area contributed by atoms with Gasteiger partial charge in [-0.25, -0.2) is 9.97 Å². The van der Waals surface area contributed by atoms with Gasteiger partial charge < -0.3 is 15.2 Å². The van der Waals surface area contributed by atoms with Crippen LogP contribution in [0.25, 0.3) is 33.4 Å². The van der Waals surface area contributed by atoms with Crippen molar-refractivity contribution in [3.63, 3.8) is 0 Å². The normalized spacial score (nSPS) is 20.2. The maximum atomic E-state index is 9.72. The summed E-state index contributed by atoms with van der Waals surface area (Å²) in [6.45, 7) is 2.04. The van der Waals surface area contributed by atoms with Gasteiger partial charge in [0.2, 0.25) is 0 Å². The number of nitriles is 1. The van der Waals surface area contributed by atoms with E-state index in [4.69, 9.17) is 4.98 Å². The van der Waals surface area contributed by atoms with Gasteiger partial charge in [-0.15, -0.1) is 0 Å². The summed E-state index contributed by atoms with van der Waals surface area (Å²) in [5.74, 6) is 1.01. The third kappa shape index (κ3) is 2.52. The van der Waals surface area contributed by atoms with Crippen LogP contribution in [0.1, 0.15) is 12.0 Å². The third-order valence-corrected chi connectivity index (χ3v) is 6.19. The molecule has 0 saturated carbocycles. The SMILES string of the molecule is Cn1cc(-c2cc3c(-c4ccc(N5C6CNCC5C6)nc4)c(C#N)cnc3[nH]2)cn1. The van der Waals surface area contributed by atoms with Gasteiger partial charge in [-0.05, 0) is 24.6 Å². The number of fused-ring (bicyclic) bond motifs is 3. The molecule has 2 N–H and O–H groups in total. The molecule has 2 aliphatic heterocycles. The number of anilines is 1. The molecule has 148 valence electrons. The molecule has 0 amide bonds. The van der Waals surface area contributed by atoms with Gasteiger partial charge in [-0.1, -0.05) is 0 Å². The quantitative estimate of drug-likeness (QED) is 0.552. The lowest BCUT2D eigenvalue weighted by Crippen LogP contribution is -2.68. The van der Waals surface area contributed by atoms with Crippen LogP contribution in [-0.2, 0) is 7.05 Å². The van der Waals surface area contributed by atoms with Crippen molar-refractivity contribution in [3.8, 4) is 28.5 Å². The number of piperazine rings is 1. The number of aromatic nitrogens is 5. The molecule has 4 aromatic heterocycles. The Morgan fingerprint density at radius 2 is 1.97 bits per heavy atom. The predicted octanol–water partition coefficient (Wildman–Crippen LogP) is 2.45. The lowest BCUT2D eigenvalue weighted by atomic mass is 9.88. The van der Waals surface area contributed by atoms with E-state index in [1.165, 1.54) is 6.42 Å². The van der Waals surface area contributed by atoms with E-state index in [0.29, 0.717) is 17.6 Å². The van der Waals surface area contributed by atoms with E-state index in [9.17, 15) is 5.26 Å². The highest BCUT2D eigenvalue weighted by Crippen LogP contribution is 2.36. The molecular formula is C22H20N8. The first kappa shape index (κ1) is 17.2. The molecule has 2 fully saturated rings. The molecule has 2 atom stereocenters. The smallest absolute Gasteiger partial charge is 0.138 e. The Kier molecular flexibility index (Phi) is 3.67. The van der Waals surface area contributed by atoms with Crippen LogP contribution in [0.4, 0.5) is 5.82 Å². The number of piperidine rings is 1. The van der Waals surface area contributed by atoms with E-state index in [0.717, 1.165) is 52.3 Å². The fourth-order valence-corrected chi connectivity index (χ4v) is 4.73. The number of hydrogen-bond acceptors (Lipinski definition) is 6. The number of nitrogens with zero attached hydrogens (tertiary/aromatic N) is 6. The number of rotatable bonds is 3. The Morgan fingerprint density at radius 1 is 1.10 bits per heavy atom. The second-order valence-corrected chi connectivity index (χ2v) is 8.02. The first-order valence-electron chi connectivity index (χ1n) is 10.1. The number of H-pyrrole nitrogens is 1. The van der Waals surface area contributed by atoms with Gasteiger partial charge >= 0.3 is 0 Å². The van der Waals surface area contributed by atoms with Crippen LogP contribution < -0.4 is 10.2 Å². The average Bonchev–Trinajstić information content (AvgIpc) is 3.40. The van der Waals surface area contributed by atoms with Gasteiger partial charge in [-0.2, -0.15) is 10.4 Å². The molecule has 8 nitrogen and oxygen atoms in total. The first-order chi connectivity index (χ1) is 14.7. The highest BCUT2D eigenvalue weighted by Gasteiger charge is 2.41. The van der Waals surface area contributed by atoms with Crippen molar-refractivity contribution in [1.29, 1.82) is 5.26 Å². The van der Waals surface area contributed by atoms with Crippen molar-refractivity contribution < 1.29 is 0 Å². The van der Waals surface area contributed by atoms with Crippen LogP contribution in [-0.4, -0.2) is 49.9 Å². The molecule has 2 saturated heterocycles. The molecule has 6 rings (SSSR count). The molecule has 6 heterocycles. The minimum Gasteiger partial charge on any atom is -0.348 e. The van der Waals surface area contributed by atoms with Crippen molar-refractivity contribution in [2.75, 3.05) is 18.0 Å². The zero-order chi connectivity index (χ0) is 20.2. The fraction of sp³-hybridized carbons (Fsp3) is 0.273. The topological polar surface area (TPSA) is 98.5 Å². The van der Waals surface area contributed by atoms with E-state index < -0.39 is 0 Å². The second-order valence-electron chi connectivity index (χ2n) is 8.02. The molecule has 2 aliphatic rings. The number of pyridine rings is 2. The van der Waals surface area contributed by atoms with Crippen molar-refractivity contribution in [3.05, 3.63) is 48.5 Å². The third-order valence-electron chi connectivity index (χ3n) is 6.19. The average molecular weight is 396 g/mol. The van der Waals surface area contributed by atoms with Gasteiger partial charge in [0, 0.05) is 72.9 Å². The number of nitrogens with one attached hydrogen (secondary N) is 2. The minimum atomic E-state index is 0.538. The van der Waals surface area contributed by atoms with Gasteiger partial charge in [-0.3, -0.25) is 4.68 Å². The van der Waals surface area contributed by atoms with Crippen molar-refractivity contribution in [1.82, 2.24) is 30.0 Å². The molecule has 0 aliphatic carbocycles. The Morgan fingerprint density at radius 3 is 2.63 bits per heavy atom. The van der Waals surface area contributed by atoms with Gasteiger partial charge in [0.05, 0.1) is 17.5 Å². The standard InChI is InChI=1S/C22H20N8/c1-29-12-15(9-27-29)19-5-18-21(14(6-23)8-26-22(18)28-19)13-2-3-20(25-7-13)30-16-4-17(30)11-24-10-16/h2-3,5,7-9,12,16-17,24H,4,10-11H2,1H3,(H,26,28). The molecule has 2 unspecified atom stereocenters. The monoisotopic (exact) mass is 396 g/mol. The van der Waals surface area contributed by atoms with Crippen LogP contribution in [0, 0.1) is 11.3 Å². The molecule has 30 heavy (non-hydrogen) atoms. The van der Waals surface area contributed by atoms with E-state index in [-0.39, 0.29) is 0 Å². The summed E-state index contributed by atoms with van der Waals surface area (Å²) < 4.78 is 1.76. The maximum Gasteiger partial charge on any atom is 0.138 e. The lowest BCUT2D eigenvalue weighted by molar-refractivity contribution is 0.260. The maximum absolute atomic E-state index is 9.72. The fourth-order valence-electron chi connectivity index (χ4n) is 4.73. The Bertz CT molecular complexity index is 1280. The summed E-state index contributed by atoms with van der Waals surface area (Å²) in [4.78, 5) is 15.0. The highest BCUT2D eigenvalue weighted by molar-refractivity contribution is 5.98. The summed E-state index contributed by atoms with van der Waals surface area (Å²) >= 11 is 0. The predicted molar refractivity (Wildman–Crippen MR) is 114 cm³/mol. The van der Waals surface area contributed by atoms with Crippen LogP contribution in [0.15, 0.2) is 43.0 Å². The largest absolute Gasteiger partial charge is 0.348 e. The molecule has 4 aromatic rings. The molecule has 8 heteroatoms. The van der Waals surface area contributed by atoms with E-state index >= 15 is 0 Å².